The van der Waals surface area contributed by atoms with Crippen LogP contribution in [0.3, 0.4) is 0 Å². The molecule has 1 aromatic heterocycles. The molecule has 1 aliphatic rings. The van der Waals surface area contributed by atoms with Crippen LogP contribution < -0.4 is 10.2 Å². The Balaban J connectivity index is 2.00. The Labute approximate surface area is 197 Å². The van der Waals surface area contributed by atoms with Crippen molar-refractivity contribution in [3.63, 3.8) is 0 Å². The van der Waals surface area contributed by atoms with E-state index in [-0.39, 0.29) is 18.4 Å². The highest BCUT2D eigenvalue weighted by molar-refractivity contribution is 5.77. The van der Waals surface area contributed by atoms with E-state index in [4.69, 9.17) is 4.74 Å². The molecule has 0 aliphatic carbocycles. The molecular formula is C24H31F3N4O3. The summed E-state index contributed by atoms with van der Waals surface area (Å²) in [5.74, 6) is -1.97. The SMILES string of the molecule is CC(C)CN(c1ccc([C@H](C)CC(=O)O)cc1Nc1cnc(C(F)(F)F)nc1)C1CCOCC1. The van der Waals surface area contributed by atoms with Crippen LogP contribution in [0.1, 0.15) is 57.3 Å². The third-order valence-corrected chi connectivity index (χ3v) is 5.76. The lowest BCUT2D eigenvalue weighted by Gasteiger charge is -2.38. The third-order valence-electron chi connectivity index (χ3n) is 5.76. The van der Waals surface area contributed by atoms with Gasteiger partial charge in [-0.3, -0.25) is 4.79 Å². The largest absolute Gasteiger partial charge is 0.481 e. The molecule has 0 amide bonds. The van der Waals surface area contributed by atoms with Crippen molar-refractivity contribution in [3.8, 4) is 0 Å². The van der Waals surface area contributed by atoms with Gasteiger partial charge in [-0.25, -0.2) is 9.97 Å². The van der Waals surface area contributed by atoms with Crippen LogP contribution in [0, 0.1) is 5.92 Å². The first-order valence-electron chi connectivity index (χ1n) is 11.4. The zero-order chi connectivity index (χ0) is 24.9. The maximum absolute atomic E-state index is 12.9. The Hall–Kier alpha value is -2.88. The van der Waals surface area contributed by atoms with Crippen LogP contribution in [0.15, 0.2) is 30.6 Å². The highest BCUT2D eigenvalue weighted by Crippen LogP contribution is 2.36. The second kappa shape index (κ2) is 11.0. The van der Waals surface area contributed by atoms with Crippen LogP contribution in [-0.4, -0.2) is 46.8 Å². The van der Waals surface area contributed by atoms with E-state index in [2.05, 4.69) is 34.0 Å². The van der Waals surface area contributed by atoms with Crippen molar-refractivity contribution >= 4 is 23.0 Å². The van der Waals surface area contributed by atoms with Gasteiger partial charge in [0.05, 0.1) is 35.9 Å². The summed E-state index contributed by atoms with van der Waals surface area (Å²) in [6.07, 6.45) is -0.702. The van der Waals surface area contributed by atoms with E-state index in [1.54, 1.807) is 0 Å². The molecule has 7 nitrogen and oxygen atoms in total. The van der Waals surface area contributed by atoms with Crippen molar-refractivity contribution in [1.82, 2.24) is 9.97 Å². The highest BCUT2D eigenvalue weighted by atomic mass is 19.4. The molecule has 0 bridgehead atoms. The van der Waals surface area contributed by atoms with Gasteiger partial charge in [-0.2, -0.15) is 13.2 Å². The quantitative estimate of drug-likeness (QED) is 0.493. The number of aliphatic carboxylic acids is 1. The zero-order valence-electron chi connectivity index (χ0n) is 19.6. The molecule has 2 heterocycles. The minimum Gasteiger partial charge on any atom is -0.481 e. The monoisotopic (exact) mass is 480 g/mol. The minimum atomic E-state index is -4.62. The van der Waals surface area contributed by atoms with Crippen LogP contribution in [-0.2, 0) is 15.7 Å². The van der Waals surface area contributed by atoms with Crippen LogP contribution in [0.2, 0.25) is 0 Å². The van der Waals surface area contributed by atoms with Gasteiger partial charge < -0.3 is 20.1 Å². The van der Waals surface area contributed by atoms with Crippen molar-refractivity contribution in [2.75, 3.05) is 30.0 Å². The molecule has 1 fully saturated rings. The number of rotatable bonds is 9. The number of alkyl halides is 3. The first-order valence-corrected chi connectivity index (χ1v) is 11.4. The van der Waals surface area contributed by atoms with Gasteiger partial charge in [0, 0.05) is 25.8 Å². The summed E-state index contributed by atoms with van der Waals surface area (Å²) in [7, 11) is 0. The van der Waals surface area contributed by atoms with Crippen LogP contribution in [0.4, 0.5) is 30.2 Å². The summed E-state index contributed by atoms with van der Waals surface area (Å²) in [5, 5.41) is 12.4. The second-order valence-corrected chi connectivity index (χ2v) is 9.08. The number of halogens is 3. The molecule has 1 saturated heterocycles. The van der Waals surface area contributed by atoms with E-state index in [1.807, 2.05) is 25.1 Å². The molecule has 10 heteroatoms. The lowest BCUT2D eigenvalue weighted by molar-refractivity contribution is -0.145. The summed E-state index contributed by atoms with van der Waals surface area (Å²) in [6, 6.07) is 6.00. The molecule has 2 aromatic rings. The van der Waals surface area contributed by atoms with Gasteiger partial charge in [-0.05, 0) is 42.4 Å². The van der Waals surface area contributed by atoms with Crippen molar-refractivity contribution in [2.24, 2.45) is 5.92 Å². The lowest BCUT2D eigenvalue weighted by Crippen LogP contribution is -2.42. The number of hydrogen-bond donors (Lipinski definition) is 2. The molecule has 0 radical (unpaired) electrons. The minimum absolute atomic E-state index is 0.0299. The molecule has 2 N–H and O–H groups in total. The fraction of sp³-hybridized carbons (Fsp3) is 0.542. The fourth-order valence-electron chi connectivity index (χ4n) is 4.12. The average Bonchev–Trinajstić information content (AvgIpc) is 2.77. The zero-order valence-corrected chi connectivity index (χ0v) is 19.6. The van der Waals surface area contributed by atoms with Crippen molar-refractivity contribution < 1.29 is 27.8 Å². The smallest absolute Gasteiger partial charge is 0.451 e. The third kappa shape index (κ3) is 6.82. The van der Waals surface area contributed by atoms with Gasteiger partial charge in [0.2, 0.25) is 5.82 Å². The number of carbonyl (C=O) groups is 1. The van der Waals surface area contributed by atoms with Gasteiger partial charge in [0.1, 0.15) is 0 Å². The molecule has 0 spiro atoms. The maximum Gasteiger partial charge on any atom is 0.451 e. The second-order valence-electron chi connectivity index (χ2n) is 9.08. The van der Waals surface area contributed by atoms with E-state index in [0.29, 0.717) is 30.5 Å². The van der Waals surface area contributed by atoms with E-state index in [0.717, 1.165) is 43.0 Å². The molecule has 3 rings (SSSR count). The Morgan fingerprint density at radius 1 is 1.21 bits per heavy atom. The van der Waals surface area contributed by atoms with E-state index in [9.17, 15) is 23.1 Å². The van der Waals surface area contributed by atoms with E-state index >= 15 is 0 Å². The van der Waals surface area contributed by atoms with Crippen molar-refractivity contribution in [2.45, 2.75) is 58.2 Å². The standard InChI is InChI=1S/C24H31F3N4O3/c1-15(2)14-31(19-6-8-34-9-7-19)21-5-4-17(16(3)10-22(32)33)11-20(21)30-18-12-28-23(29-13-18)24(25,26)27/h4-5,11-13,15-16,19,30H,6-10,14H2,1-3H3,(H,32,33)/t16-/m1/s1. The number of hydrogen-bond acceptors (Lipinski definition) is 6. The molecule has 1 atom stereocenters. The molecular weight excluding hydrogens is 449 g/mol. The van der Waals surface area contributed by atoms with E-state index in [1.165, 1.54) is 0 Å². The predicted octanol–water partition coefficient (Wildman–Crippen LogP) is 5.46. The van der Waals surface area contributed by atoms with Gasteiger partial charge in [-0.1, -0.05) is 26.8 Å². The first kappa shape index (κ1) is 25.7. The number of carboxylic acid groups (broad SMARTS) is 1. The first-order chi connectivity index (χ1) is 16.0. The normalized spacial score (nSPS) is 15.9. The number of nitrogens with one attached hydrogen (secondary N) is 1. The van der Waals surface area contributed by atoms with Crippen molar-refractivity contribution in [3.05, 3.63) is 42.0 Å². The summed E-state index contributed by atoms with van der Waals surface area (Å²) >= 11 is 0. The van der Waals surface area contributed by atoms with Crippen molar-refractivity contribution in [1.29, 1.82) is 0 Å². The van der Waals surface area contributed by atoms with E-state index < -0.39 is 18.0 Å². The van der Waals surface area contributed by atoms with Gasteiger partial charge >= 0.3 is 12.1 Å². The Kier molecular flexibility index (Phi) is 8.35. The predicted molar refractivity (Wildman–Crippen MR) is 123 cm³/mol. The Bertz CT molecular complexity index is 961. The van der Waals surface area contributed by atoms with Gasteiger partial charge in [-0.15, -0.1) is 0 Å². The molecule has 1 aliphatic heterocycles. The highest BCUT2D eigenvalue weighted by Gasteiger charge is 2.34. The number of ether oxygens (including phenoxy) is 1. The summed E-state index contributed by atoms with van der Waals surface area (Å²) in [4.78, 5) is 20.4. The van der Waals surface area contributed by atoms with Gasteiger partial charge in [0.25, 0.3) is 0 Å². The molecule has 0 unspecified atom stereocenters. The summed E-state index contributed by atoms with van der Waals surface area (Å²) < 4.78 is 44.2. The summed E-state index contributed by atoms with van der Waals surface area (Å²) in [5.41, 5.74) is 2.70. The molecule has 186 valence electrons. The average molecular weight is 481 g/mol. The molecule has 0 saturated carbocycles. The Morgan fingerprint density at radius 3 is 2.41 bits per heavy atom. The maximum atomic E-state index is 12.9. The molecule has 34 heavy (non-hydrogen) atoms. The topological polar surface area (TPSA) is 87.6 Å². The number of benzene rings is 1. The number of nitrogens with zero attached hydrogens (tertiary/aromatic N) is 3. The fourth-order valence-corrected chi connectivity index (χ4v) is 4.12. The Morgan fingerprint density at radius 2 is 1.85 bits per heavy atom. The van der Waals surface area contributed by atoms with Crippen LogP contribution >= 0.6 is 0 Å². The number of carboxylic acids is 1. The summed E-state index contributed by atoms with van der Waals surface area (Å²) in [6.45, 7) is 8.22. The van der Waals surface area contributed by atoms with Crippen LogP contribution in [0.25, 0.3) is 0 Å². The number of aromatic nitrogens is 2. The lowest BCUT2D eigenvalue weighted by atomic mass is 9.95. The van der Waals surface area contributed by atoms with Crippen LogP contribution in [0.5, 0.6) is 0 Å². The van der Waals surface area contributed by atoms with Gasteiger partial charge in [0.15, 0.2) is 0 Å². The molecule has 1 aromatic carbocycles. The number of anilines is 3.